The summed E-state index contributed by atoms with van der Waals surface area (Å²) in [6, 6.07) is 16.3. The predicted octanol–water partition coefficient (Wildman–Crippen LogP) is 3.05. The van der Waals surface area contributed by atoms with Crippen molar-refractivity contribution >= 4 is 17.6 Å². The van der Waals surface area contributed by atoms with Gasteiger partial charge in [-0.05, 0) is 43.5 Å². The molecule has 6 heteroatoms. The zero-order valence-corrected chi connectivity index (χ0v) is 15.5. The van der Waals surface area contributed by atoms with Gasteiger partial charge < -0.3 is 16.0 Å². The van der Waals surface area contributed by atoms with E-state index in [1.807, 2.05) is 13.0 Å². The number of halogens is 1. The van der Waals surface area contributed by atoms with Crippen molar-refractivity contribution in [3.05, 3.63) is 66.0 Å². The van der Waals surface area contributed by atoms with Gasteiger partial charge in [0.15, 0.2) is 5.96 Å². The molecule has 0 aliphatic heterocycles. The molecule has 3 rings (SSSR count). The molecule has 0 radical (unpaired) electrons. The summed E-state index contributed by atoms with van der Waals surface area (Å²) in [5.74, 6) is -0.0713. The highest BCUT2D eigenvalue weighted by Gasteiger charge is 2.43. The smallest absolute Gasteiger partial charge is 0.246 e. The van der Waals surface area contributed by atoms with Gasteiger partial charge in [-0.3, -0.25) is 4.79 Å². The molecule has 0 spiro atoms. The Labute approximate surface area is 159 Å². The van der Waals surface area contributed by atoms with Gasteiger partial charge in [0.25, 0.3) is 0 Å². The number of nitrogens with one attached hydrogen (secondary N) is 3. The maximum Gasteiger partial charge on any atom is 0.246 e. The second kappa shape index (κ2) is 8.66. The summed E-state index contributed by atoms with van der Waals surface area (Å²) in [6.45, 7) is 3.42. The standard InChI is InChI=1S/C21H25FN4O/c1-2-23-20(24-14-19(27)26-18-10-6-9-17(22)13-18)25-15-21(11-12-21)16-7-4-3-5-8-16/h3-10,13H,2,11-12,14-15H2,1H3,(H,26,27)(H2,23,24,25). The summed E-state index contributed by atoms with van der Waals surface area (Å²) >= 11 is 0. The molecule has 27 heavy (non-hydrogen) atoms. The van der Waals surface area contributed by atoms with Crippen LogP contribution in [0.2, 0.25) is 0 Å². The van der Waals surface area contributed by atoms with E-state index >= 15 is 0 Å². The van der Waals surface area contributed by atoms with E-state index in [1.54, 1.807) is 12.1 Å². The van der Waals surface area contributed by atoms with Crippen LogP contribution >= 0.6 is 0 Å². The molecule has 1 aliphatic carbocycles. The second-order valence-electron chi connectivity index (χ2n) is 6.75. The largest absolute Gasteiger partial charge is 0.357 e. The Hall–Kier alpha value is -2.89. The number of nitrogens with zero attached hydrogens (tertiary/aromatic N) is 1. The Morgan fingerprint density at radius 3 is 2.56 bits per heavy atom. The highest BCUT2D eigenvalue weighted by atomic mass is 19.1. The highest BCUT2D eigenvalue weighted by Crippen LogP contribution is 2.47. The average molecular weight is 368 g/mol. The molecule has 0 bridgehead atoms. The van der Waals surface area contributed by atoms with Crippen LogP contribution in [0, 0.1) is 5.82 Å². The lowest BCUT2D eigenvalue weighted by atomic mass is 9.96. The van der Waals surface area contributed by atoms with Gasteiger partial charge in [0.2, 0.25) is 5.91 Å². The predicted molar refractivity (Wildman–Crippen MR) is 106 cm³/mol. The number of carbonyl (C=O) groups excluding carboxylic acids is 1. The van der Waals surface area contributed by atoms with Crippen LogP contribution in [0.1, 0.15) is 25.3 Å². The lowest BCUT2D eigenvalue weighted by Gasteiger charge is -2.19. The Balaban J connectivity index is 1.56. The van der Waals surface area contributed by atoms with Crippen LogP contribution in [0.5, 0.6) is 0 Å². The fraction of sp³-hybridized carbons (Fsp3) is 0.333. The number of hydrogen-bond acceptors (Lipinski definition) is 2. The van der Waals surface area contributed by atoms with Crippen LogP contribution in [-0.4, -0.2) is 31.5 Å². The summed E-state index contributed by atoms with van der Waals surface area (Å²) in [7, 11) is 0. The van der Waals surface area contributed by atoms with Crippen molar-refractivity contribution in [2.24, 2.45) is 4.99 Å². The van der Waals surface area contributed by atoms with E-state index in [0.717, 1.165) is 19.4 Å². The second-order valence-corrected chi connectivity index (χ2v) is 6.75. The van der Waals surface area contributed by atoms with Gasteiger partial charge in [-0.2, -0.15) is 0 Å². The monoisotopic (exact) mass is 368 g/mol. The van der Waals surface area contributed by atoms with Gasteiger partial charge in [-0.1, -0.05) is 36.4 Å². The van der Waals surface area contributed by atoms with Gasteiger partial charge in [0.05, 0.1) is 0 Å². The van der Waals surface area contributed by atoms with Crippen molar-refractivity contribution in [3.8, 4) is 0 Å². The minimum Gasteiger partial charge on any atom is -0.357 e. The fourth-order valence-corrected chi connectivity index (χ4v) is 3.02. The third-order valence-corrected chi connectivity index (χ3v) is 4.67. The fourth-order valence-electron chi connectivity index (χ4n) is 3.02. The van der Waals surface area contributed by atoms with Gasteiger partial charge in [0, 0.05) is 24.2 Å². The van der Waals surface area contributed by atoms with Crippen LogP contribution in [0.3, 0.4) is 0 Å². The number of guanidine groups is 1. The maximum absolute atomic E-state index is 13.2. The van der Waals surface area contributed by atoms with Crippen LogP contribution in [0.25, 0.3) is 0 Å². The Bertz CT molecular complexity index is 803. The van der Waals surface area contributed by atoms with Gasteiger partial charge in [-0.25, -0.2) is 9.38 Å². The average Bonchev–Trinajstić information content (AvgIpc) is 3.46. The summed E-state index contributed by atoms with van der Waals surface area (Å²) in [4.78, 5) is 16.4. The molecule has 0 atom stereocenters. The Kier molecular flexibility index (Phi) is 6.06. The number of aliphatic imine (C=N–C) groups is 1. The van der Waals surface area contributed by atoms with Crippen LogP contribution < -0.4 is 16.0 Å². The maximum atomic E-state index is 13.2. The number of anilines is 1. The summed E-state index contributed by atoms with van der Waals surface area (Å²) < 4.78 is 13.2. The molecule has 142 valence electrons. The number of hydrogen-bond donors (Lipinski definition) is 3. The third-order valence-electron chi connectivity index (χ3n) is 4.67. The summed E-state index contributed by atoms with van der Waals surface area (Å²) in [5, 5.41) is 9.16. The van der Waals surface area contributed by atoms with Crippen molar-refractivity contribution in [1.82, 2.24) is 10.6 Å². The van der Waals surface area contributed by atoms with Crippen molar-refractivity contribution in [2.75, 3.05) is 25.0 Å². The molecule has 0 aromatic heterocycles. The van der Waals surface area contributed by atoms with Gasteiger partial charge >= 0.3 is 0 Å². The molecular weight excluding hydrogens is 343 g/mol. The normalized spacial score (nSPS) is 15.1. The van der Waals surface area contributed by atoms with Crippen molar-refractivity contribution in [3.63, 3.8) is 0 Å². The first-order valence-electron chi connectivity index (χ1n) is 9.24. The molecule has 1 amide bonds. The minimum atomic E-state index is -0.387. The molecule has 2 aromatic rings. The lowest BCUT2D eigenvalue weighted by molar-refractivity contribution is -0.114. The van der Waals surface area contributed by atoms with E-state index in [1.165, 1.54) is 17.7 Å². The van der Waals surface area contributed by atoms with E-state index in [4.69, 9.17) is 0 Å². The molecule has 1 aliphatic rings. The van der Waals surface area contributed by atoms with Crippen LogP contribution in [0.4, 0.5) is 10.1 Å². The first-order chi connectivity index (χ1) is 13.1. The highest BCUT2D eigenvalue weighted by molar-refractivity contribution is 5.94. The van der Waals surface area contributed by atoms with Gasteiger partial charge in [0.1, 0.15) is 12.4 Å². The Morgan fingerprint density at radius 1 is 1.11 bits per heavy atom. The number of rotatable bonds is 7. The van der Waals surface area contributed by atoms with E-state index in [2.05, 4.69) is 45.2 Å². The number of amides is 1. The molecular formula is C21H25FN4O. The minimum absolute atomic E-state index is 0.0375. The molecule has 0 unspecified atom stereocenters. The Morgan fingerprint density at radius 2 is 1.89 bits per heavy atom. The third kappa shape index (κ3) is 5.29. The molecule has 1 saturated carbocycles. The van der Waals surface area contributed by atoms with E-state index < -0.39 is 0 Å². The quantitative estimate of drug-likeness (QED) is 0.520. The topological polar surface area (TPSA) is 65.5 Å². The molecule has 0 saturated heterocycles. The van der Waals surface area contributed by atoms with Crippen molar-refractivity contribution in [2.45, 2.75) is 25.2 Å². The van der Waals surface area contributed by atoms with E-state index in [0.29, 0.717) is 18.2 Å². The first kappa shape index (κ1) is 18.9. The number of carbonyl (C=O) groups is 1. The zero-order chi connectivity index (χ0) is 19.1. The van der Waals surface area contributed by atoms with Crippen LogP contribution in [0.15, 0.2) is 59.6 Å². The van der Waals surface area contributed by atoms with E-state index in [9.17, 15) is 9.18 Å². The van der Waals surface area contributed by atoms with E-state index in [-0.39, 0.29) is 23.7 Å². The molecule has 0 heterocycles. The lowest BCUT2D eigenvalue weighted by Crippen LogP contribution is -2.41. The van der Waals surface area contributed by atoms with Gasteiger partial charge in [-0.15, -0.1) is 0 Å². The molecule has 2 aromatic carbocycles. The van der Waals surface area contributed by atoms with Crippen molar-refractivity contribution in [1.29, 1.82) is 0 Å². The SMILES string of the molecule is CCNC(=NCC(=O)Nc1cccc(F)c1)NCC1(c2ccccc2)CC1. The number of benzene rings is 2. The molecule has 1 fully saturated rings. The van der Waals surface area contributed by atoms with Crippen LogP contribution in [-0.2, 0) is 10.2 Å². The van der Waals surface area contributed by atoms with Crippen molar-refractivity contribution < 1.29 is 9.18 Å². The molecule has 3 N–H and O–H groups in total. The molecule has 5 nitrogen and oxygen atoms in total. The first-order valence-corrected chi connectivity index (χ1v) is 9.24. The zero-order valence-electron chi connectivity index (χ0n) is 15.5. The summed E-state index contributed by atoms with van der Waals surface area (Å²) in [6.07, 6.45) is 2.28. The summed E-state index contributed by atoms with van der Waals surface area (Å²) in [5.41, 5.74) is 1.91.